The first-order chi connectivity index (χ1) is 9.11. The van der Waals surface area contributed by atoms with E-state index < -0.39 is 6.10 Å². The van der Waals surface area contributed by atoms with Gasteiger partial charge in [-0.2, -0.15) is 0 Å². The normalized spacial score (nSPS) is 12.2. The fourth-order valence-electron chi connectivity index (χ4n) is 1.74. The lowest BCUT2D eigenvalue weighted by Gasteiger charge is -2.14. The van der Waals surface area contributed by atoms with Crippen molar-refractivity contribution in [1.82, 2.24) is 0 Å². The number of aliphatic hydroxyl groups excluding tert-OH is 1. The summed E-state index contributed by atoms with van der Waals surface area (Å²) in [7, 11) is 0. The van der Waals surface area contributed by atoms with Crippen molar-refractivity contribution in [2.24, 2.45) is 0 Å². The van der Waals surface area contributed by atoms with E-state index in [0.29, 0.717) is 28.0 Å². The quantitative estimate of drug-likeness (QED) is 0.873. The Morgan fingerprint density at radius 3 is 2.68 bits per heavy atom. The van der Waals surface area contributed by atoms with Crippen molar-refractivity contribution < 1.29 is 14.2 Å². The van der Waals surface area contributed by atoms with Crippen LogP contribution in [0.15, 0.2) is 46.9 Å². The van der Waals surface area contributed by atoms with E-state index in [2.05, 4.69) is 15.9 Å². The molecule has 0 radical (unpaired) electrons. The third-order valence-corrected chi connectivity index (χ3v) is 3.43. The summed E-state index contributed by atoms with van der Waals surface area (Å²) in [6.07, 6.45) is 0.00576. The molecule has 0 fully saturated rings. The standard InChI is InChI=1S/C15H14BrFO2/c1-2-14(18)11-5-3-4-6-15(11)19-10-7-8-12(16)13(17)9-10/h3-9,14,18H,2H2,1H3/t14-/m1/s1. The lowest BCUT2D eigenvalue weighted by molar-refractivity contribution is 0.170. The third kappa shape index (κ3) is 3.33. The van der Waals surface area contributed by atoms with Gasteiger partial charge in [0.05, 0.1) is 10.6 Å². The largest absolute Gasteiger partial charge is 0.457 e. The Labute approximate surface area is 120 Å². The number of ether oxygens (including phenoxy) is 1. The van der Waals surface area contributed by atoms with Gasteiger partial charge < -0.3 is 9.84 Å². The zero-order valence-electron chi connectivity index (χ0n) is 10.4. The molecule has 100 valence electrons. The summed E-state index contributed by atoms with van der Waals surface area (Å²) in [6, 6.07) is 11.8. The monoisotopic (exact) mass is 324 g/mol. The van der Waals surface area contributed by atoms with Crippen LogP contribution in [0.25, 0.3) is 0 Å². The first-order valence-electron chi connectivity index (χ1n) is 6.01. The molecule has 0 amide bonds. The second-order valence-corrected chi connectivity index (χ2v) is 4.99. The zero-order chi connectivity index (χ0) is 13.8. The van der Waals surface area contributed by atoms with Gasteiger partial charge in [-0.1, -0.05) is 25.1 Å². The molecule has 2 aromatic rings. The summed E-state index contributed by atoms with van der Waals surface area (Å²) >= 11 is 3.09. The maximum absolute atomic E-state index is 13.4. The smallest absolute Gasteiger partial charge is 0.141 e. The van der Waals surface area contributed by atoms with Gasteiger partial charge in [-0.3, -0.25) is 0 Å². The minimum Gasteiger partial charge on any atom is -0.457 e. The van der Waals surface area contributed by atoms with E-state index in [1.807, 2.05) is 19.1 Å². The Morgan fingerprint density at radius 2 is 2.00 bits per heavy atom. The van der Waals surface area contributed by atoms with Crippen LogP contribution in [0.5, 0.6) is 11.5 Å². The number of rotatable bonds is 4. The number of aliphatic hydroxyl groups is 1. The van der Waals surface area contributed by atoms with E-state index in [-0.39, 0.29) is 5.82 Å². The van der Waals surface area contributed by atoms with Gasteiger partial charge >= 0.3 is 0 Å². The van der Waals surface area contributed by atoms with E-state index >= 15 is 0 Å². The summed E-state index contributed by atoms with van der Waals surface area (Å²) in [4.78, 5) is 0. The fraction of sp³-hybridized carbons (Fsp3) is 0.200. The van der Waals surface area contributed by atoms with Crippen molar-refractivity contribution in [3.05, 3.63) is 58.3 Å². The summed E-state index contributed by atoms with van der Waals surface area (Å²) < 4.78 is 19.5. The van der Waals surface area contributed by atoms with Crippen molar-refractivity contribution in [3.63, 3.8) is 0 Å². The van der Waals surface area contributed by atoms with Gasteiger partial charge in [-0.05, 0) is 40.5 Å². The maximum Gasteiger partial charge on any atom is 0.141 e. The molecule has 1 N–H and O–H groups in total. The second kappa shape index (κ2) is 6.17. The van der Waals surface area contributed by atoms with Crippen molar-refractivity contribution in [1.29, 1.82) is 0 Å². The van der Waals surface area contributed by atoms with E-state index in [1.54, 1.807) is 24.3 Å². The minimum absolute atomic E-state index is 0.383. The molecule has 4 heteroatoms. The Balaban J connectivity index is 2.30. The van der Waals surface area contributed by atoms with E-state index in [1.165, 1.54) is 6.07 Å². The number of hydrogen-bond donors (Lipinski definition) is 1. The predicted molar refractivity (Wildman–Crippen MR) is 75.9 cm³/mol. The highest BCUT2D eigenvalue weighted by Crippen LogP contribution is 2.32. The molecule has 0 saturated carbocycles. The number of hydrogen-bond acceptors (Lipinski definition) is 2. The van der Waals surface area contributed by atoms with Crippen LogP contribution >= 0.6 is 15.9 Å². The number of benzene rings is 2. The van der Waals surface area contributed by atoms with E-state index in [9.17, 15) is 9.50 Å². The first-order valence-corrected chi connectivity index (χ1v) is 6.81. The highest BCUT2D eigenvalue weighted by atomic mass is 79.9. The van der Waals surface area contributed by atoms with Crippen LogP contribution < -0.4 is 4.74 Å². The molecule has 0 unspecified atom stereocenters. The van der Waals surface area contributed by atoms with Gasteiger partial charge in [0.15, 0.2) is 0 Å². The van der Waals surface area contributed by atoms with Crippen molar-refractivity contribution in [2.45, 2.75) is 19.4 Å². The Kier molecular flexibility index (Phi) is 4.56. The average Bonchev–Trinajstić information content (AvgIpc) is 2.43. The van der Waals surface area contributed by atoms with E-state index in [0.717, 1.165) is 0 Å². The topological polar surface area (TPSA) is 29.5 Å². The SMILES string of the molecule is CC[C@@H](O)c1ccccc1Oc1ccc(Br)c(F)c1. The molecular formula is C15H14BrFO2. The molecule has 19 heavy (non-hydrogen) atoms. The van der Waals surface area contributed by atoms with Gasteiger partial charge in [0.1, 0.15) is 17.3 Å². The van der Waals surface area contributed by atoms with Crippen LogP contribution in [0.1, 0.15) is 25.0 Å². The lowest BCUT2D eigenvalue weighted by Crippen LogP contribution is -1.98. The van der Waals surface area contributed by atoms with Crippen LogP contribution in [0.4, 0.5) is 4.39 Å². The second-order valence-electron chi connectivity index (χ2n) is 4.14. The molecule has 2 nitrogen and oxygen atoms in total. The molecule has 0 aromatic heterocycles. The Hall–Kier alpha value is -1.39. The summed E-state index contributed by atoms with van der Waals surface area (Å²) in [6.45, 7) is 1.89. The van der Waals surface area contributed by atoms with Gasteiger partial charge in [-0.25, -0.2) is 4.39 Å². The number of halogens is 2. The van der Waals surface area contributed by atoms with Gasteiger partial charge in [-0.15, -0.1) is 0 Å². The van der Waals surface area contributed by atoms with Crippen LogP contribution in [0.3, 0.4) is 0 Å². The van der Waals surface area contributed by atoms with Crippen LogP contribution in [-0.2, 0) is 0 Å². The van der Waals surface area contributed by atoms with Gasteiger partial charge in [0, 0.05) is 11.6 Å². The van der Waals surface area contributed by atoms with E-state index in [4.69, 9.17) is 4.74 Å². The van der Waals surface area contributed by atoms with Crippen LogP contribution in [0, 0.1) is 5.82 Å². The predicted octanol–water partition coefficient (Wildman–Crippen LogP) is 4.82. The van der Waals surface area contributed by atoms with Gasteiger partial charge in [0.25, 0.3) is 0 Å². The molecule has 0 heterocycles. The Morgan fingerprint density at radius 1 is 1.26 bits per heavy atom. The lowest BCUT2D eigenvalue weighted by atomic mass is 10.1. The molecule has 0 aliphatic rings. The summed E-state index contributed by atoms with van der Waals surface area (Å²) in [5, 5.41) is 9.93. The first kappa shape index (κ1) is 14.0. The summed E-state index contributed by atoms with van der Waals surface area (Å²) in [5.41, 5.74) is 0.702. The molecule has 1 atom stereocenters. The highest BCUT2D eigenvalue weighted by Gasteiger charge is 2.12. The molecule has 0 spiro atoms. The maximum atomic E-state index is 13.4. The average molecular weight is 325 g/mol. The minimum atomic E-state index is -0.587. The fourth-order valence-corrected chi connectivity index (χ4v) is 1.98. The zero-order valence-corrected chi connectivity index (χ0v) is 12.0. The van der Waals surface area contributed by atoms with Crippen LogP contribution in [-0.4, -0.2) is 5.11 Å². The molecule has 0 aliphatic carbocycles. The van der Waals surface area contributed by atoms with Crippen molar-refractivity contribution in [3.8, 4) is 11.5 Å². The molecule has 2 aromatic carbocycles. The molecule has 2 rings (SSSR count). The summed E-state index contributed by atoms with van der Waals surface area (Å²) in [5.74, 6) is 0.557. The molecular weight excluding hydrogens is 311 g/mol. The van der Waals surface area contributed by atoms with Crippen molar-refractivity contribution >= 4 is 15.9 Å². The highest BCUT2D eigenvalue weighted by molar-refractivity contribution is 9.10. The molecule has 0 aliphatic heterocycles. The third-order valence-electron chi connectivity index (χ3n) is 2.78. The Bertz CT molecular complexity index is 572. The number of para-hydroxylation sites is 1. The molecule has 0 saturated heterocycles. The molecule has 0 bridgehead atoms. The van der Waals surface area contributed by atoms with Crippen LogP contribution in [0.2, 0.25) is 0 Å². The van der Waals surface area contributed by atoms with Crippen molar-refractivity contribution in [2.75, 3.05) is 0 Å². The van der Waals surface area contributed by atoms with Gasteiger partial charge in [0.2, 0.25) is 0 Å².